The molecule has 0 aromatic heterocycles. The second kappa shape index (κ2) is 11.7. The van der Waals surface area contributed by atoms with E-state index in [0.29, 0.717) is 25.7 Å². The van der Waals surface area contributed by atoms with Crippen molar-refractivity contribution in [2.75, 3.05) is 6.61 Å². The van der Waals surface area contributed by atoms with Gasteiger partial charge in [-0.15, -0.1) is 0 Å². The Balaban J connectivity index is 2.01. The van der Waals surface area contributed by atoms with E-state index in [0.717, 1.165) is 6.42 Å². The molecule has 0 amide bonds. The van der Waals surface area contributed by atoms with Gasteiger partial charge in [0.05, 0.1) is 30.6 Å². The lowest BCUT2D eigenvalue weighted by Crippen LogP contribution is -2.69. The van der Waals surface area contributed by atoms with E-state index in [1.54, 1.807) is 0 Å². The molecule has 2 aliphatic carbocycles. The summed E-state index contributed by atoms with van der Waals surface area (Å²) in [5.41, 5.74) is 0. The molecule has 6 atom stereocenters. The number of ether oxygens (including phenoxy) is 1. The SMILES string of the molecule is CCOC(=O)C1C(C2CCCCC2)C(C(O)C2CCC(C(F)(F)F)CC2)C(C(F)F)NC1C(F)(F)F. The molecular weight excluding hydrogens is 502 g/mol. The van der Waals surface area contributed by atoms with Crippen molar-refractivity contribution in [1.82, 2.24) is 5.32 Å². The Morgan fingerprint density at radius 1 is 0.944 bits per heavy atom. The summed E-state index contributed by atoms with van der Waals surface area (Å²) in [6.07, 6.45) is -12.1. The van der Waals surface area contributed by atoms with Gasteiger partial charge >= 0.3 is 18.3 Å². The molecule has 1 aliphatic heterocycles. The molecule has 1 heterocycles. The van der Waals surface area contributed by atoms with Crippen LogP contribution < -0.4 is 5.32 Å². The largest absolute Gasteiger partial charge is 0.466 e. The maximum Gasteiger partial charge on any atom is 0.404 e. The summed E-state index contributed by atoms with van der Waals surface area (Å²) in [6.45, 7) is 1.23. The summed E-state index contributed by atoms with van der Waals surface area (Å²) < 4.78 is 115. The van der Waals surface area contributed by atoms with E-state index in [-0.39, 0.29) is 32.3 Å². The van der Waals surface area contributed by atoms with Crippen LogP contribution in [0.5, 0.6) is 0 Å². The first kappa shape index (κ1) is 29.4. The maximum atomic E-state index is 14.3. The van der Waals surface area contributed by atoms with E-state index in [1.165, 1.54) is 6.92 Å². The highest BCUT2D eigenvalue weighted by atomic mass is 19.4. The molecule has 0 spiro atoms. The third kappa shape index (κ3) is 6.45. The molecule has 210 valence electrons. The zero-order chi connectivity index (χ0) is 26.8. The molecule has 12 heteroatoms. The molecule has 0 aromatic carbocycles. The average molecular weight is 538 g/mol. The van der Waals surface area contributed by atoms with Gasteiger partial charge in [0.25, 0.3) is 6.43 Å². The lowest BCUT2D eigenvalue weighted by atomic mass is 9.58. The molecule has 3 aliphatic rings. The van der Waals surface area contributed by atoms with Gasteiger partial charge in [-0.25, -0.2) is 8.78 Å². The molecule has 4 nitrogen and oxygen atoms in total. The predicted molar refractivity (Wildman–Crippen MR) is 114 cm³/mol. The van der Waals surface area contributed by atoms with Crippen molar-refractivity contribution >= 4 is 5.97 Å². The lowest BCUT2D eigenvalue weighted by molar-refractivity contribution is -0.218. The van der Waals surface area contributed by atoms with E-state index >= 15 is 0 Å². The molecule has 36 heavy (non-hydrogen) atoms. The van der Waals surface area contributed by atoms with Crippen LogP contribution >= 0.6 is 0 Å². The van der Waals surface area contributed by atoms with Crippen LogP contribution in [0.3, 0.4) is 0 Å². The van der Waals surface area contributed by atoms with Crippen molar-refractivity contribution in [3.8, 4) is 0 Å². The number of hydrogen-bond donors (Lipinski definition) is 2. The van der Waals surface area contributed by atoms with Gasteiger partial charge in [-0.1, -0.05) is 32.1 Å². The maximum absolute atomic E-state index is 14.3. The van der Waals surface area contributed by atoms with Gasteiger partial charge in [-0.3, -0.25) is 10.1 Å². The summed E-state index contributed by atoms with van der Waals surface area (Å²) in [5, 5.41) is 13.3. The van der Waals surface area contributed by atoms with E-state index in [2.05, 4.69) is 0 Å². The fourth-order valence-corrected chi connectivity index (χ4v) is 6.86. The number of esters is 1. The Morgan fingerprint density at radius 2 is 1.53 bits per heavy atom. The number of nitrogens with one attached hydrogen (secondary N) is 1. The highest BCUT2D eigenvalue weighted by Crippen LogP contribution is 2.51. The summed E-state index contributed by atoms with van der Waals surface area (Å²) in [5.74, 6) is -8.55. The number of halogens is 8. The number of piperidine rings is 1. The van der Waals surface area contributed by atoms with Crippen molar-refractivity contribution in [3.05, 3.63) is 0 Å². The van der Waals surface area contributed by atoms with Gasteiger partial charge in [-0.2, -0.15) is 26.3 Å². The Labute approximate surface area is 205 Å². The van der Waals surface area contributed by atoms with Crippen LogP contribution in [-0.4, -0.2) is 54.6 Å². The van der Waals surface area contributed by atoms with Crippen molar-refractivity contribution in [2.24, 2.45) is 35.5 Å². The third-order valence-electron chi connectivity index (χ3n) is 8.49. The molecule has 3 fully saturated rings. The lowest BCUT2D eigenvalue weighted by Gasteiger charge is -2.53. The third-order valence-corrected chi connectivity index (χ3v) is 8.49. The van der Waals surface area contributed by atoms with Gasteiger partial charge < -0.3 is 9.84 Å². The normalized spacial score (nSPS) is 36.0. The van der Waals surface area contributed by atoms with Gasteiger partial charge in [0, 0.05) is 5.92 Å². The summed E-state index contributed by atoms with van der Waals surface area (Å²) in [6, 6.07) is -4.64. The van der Waals surface area contributed by atoms with E-state index in [4.69, 9.17) is 4.74 Å². The zero-order valence-corrected chi connectivity index (χ0v) is 20.1. The quantitative estimate of drug-likeness (QED) is 0.329. The molecule has 6 unspecified atom stereocenters. The second-order valence-electron chi connectivity index (χ2n) is 10.5. The van der Waals surface area contributed by atoms with Crippen LogP contribution in [0.2, 0.25) is 0 Å². The molecule has 0 radical (unpaired) electrons. The van der Waals surface area contributed by atoms with Crippen molar-refractivity contribution in [2.45, 2.75) is 102 Å². The number of carbonyl (C=O) groups is 1. The molecule has 2 N–H and O–H groups in total. The van der Waals surface area contributed by atoms with Crippen LogP contribution in [0.15, 0.2) is 0 Å². The Kier molecular flexibility index (Phi) is 9.55. The van der Waals surface area contributed by atoms with Crippen LogP contribution in [0.1, 0.15) is 64.7 Å². The average Bonchev–Trinajstić information content (AvgIpc) is 2.81. The Bertz CT molecular complexity index is 717. The number of hydrogen-bond acceptors (Lipinski definition) is 4. The van der Waals surface area contributed by atoms with Crippen molar-refractivity contribution < 1.29 is 49.8 Å². The van der Waals surface area contributed by atoms with Crippen molar-refractivity contribution in [1.29, 1.82) is 0 Å². The first-order valence-corrected chi connectivity index (χ1v) is 12.8. The summed E-state index contributed by atoms with van der Waals surface area (Å²) in [4.78, 5) is 12.9. The Morgan fingerprint density at radius 3 is 2.00 bits per heavy atom. The monoisotopic (exact) mass is 537 g/mol. The van der Waals surface area contributed by atoms with Crippen molar-refractivity contribution in [3.63, 3.8) is 0 Å². The molecule has 1 saturated heterocycles. The molecule has 2 saturated carbocycles. The van der Waals surface area contributed by atoms with Crippen LogP contribution in [0.25, 0.3) is 0 Å². The van der Waals surface area contributed by atoms with Crippen LogP contribution in [0, 0.1) is 35.5 Å². The zero-order valence-electron chi connectivity index (χ0n) is 20.1. The van der Waals surface area contributed by atoms with Crippen LogP contribution in [0.4, 0.5) is 35.1 Å². The fourth-order valence-electron chi connectivity index (χ4n) is 6.86. The summed E-state index contributed by atoms with van der Waals surface area (Å²) in [7, 11) is 0. The first-order valence-electron chi connectivity index (χ1n) is 12.8. The minimum Gasteiger partial charge on any atom is -0.466 e. The minimum atomic E-state index is -5.03. The smallest absolute Gasteiger partial charge is 0.404 e. The number of rotatable bonds is 6. The predicted octanol–water partition coefficient (Wildman–Crippen LogP) is 5.88. The Hall–Kier alpha value is -1.17. The fraction of sp³-hybridized carbons (Fsp3) is 0.958. The van der Waals surface area contributed by atoms with Gasteiger partial charge in [-0.05, 0) is 50.4 Å². The minimum absolute atomic E-state index is 0.0814. The van der Waals surface area contributed by atoms with Gasteiger partial charge in [0.15, 0.2) is 0 Å². The van der Waals surface area contributed by atoms with E-state index < -0.39 is 78.4 Å². The van der Waals surface area contributed by atoms with Crippen LogP contribution in [-0.2, 0) is 9.53 Å². The highest BCUT2D eigenvalue weighted by Gasteiger charge is 2.62. The molecule has 0 aromatic rings. The molecular formula is C24H35F8NO3. The van der Waals surface area contributed by atoms with E-state index in [1.807, 2.05) is 5.32 Å². The molecule has 0 bridgehead atoms. The topological polar surface area (TPSA) is 58.6 Å². The molecule has 3 rings (SSSR count). The van der Waals surface area contributed by atoms with Gasteiger partial charge in [0.2, 0.25) is 0 Å². The standard InChI is InChI=1S/C24H35F8NO3/c1-2-36-22(35)17-15(12-6-4-3-5-7-12)16(18(21(25)26)33-20(17)24(30,31)32)19(34)13-8-10-14(11-9-13)23(27,28)29/h12-21,33-34H,2-11H2,1H3. The number of aliphatic hydroxyl groups excluding tert-OH is 1. The first-order chi connectivity index (χ1) is 16.8. The number of alkyl halides is 8. The number of aliphatic hydroxyl groups is 1. The second-order valence-corrected chi connectivity index (χ2v) is 10.5. The van der Waals surface area contributed by atoms with E-state index in [9.17, 15) is 45.0 Å². The highest BCUT2D eigenvalue weighted by molar-refractivity contribution is 5.74. The van der Waals surface area contributed by atoms with Gasteiger partial charge in [0.1, 0.15) is 6.04 Å². The summed E-state index contributed by atoms with van der Waals surface area (Å²) >= 11 is 0. The number of carbonyl (C=O) groups excluding carboxylic acids is 1.